The maximum absolute atomic E-state index is 12.1. The number of ketones is 1. The molecule has 0 aromatic rings. The van der Waals surface area contributed by atoms with E-state index in [0.29, 0.717) is 24.0 Å². The Balaban J connectivity index is 2.37. The molecule has 1 aliphatic carbocycles. The highest BCUT2D eigenvalue weighted by Gasteiger charge is 2.29. The van der Waals surface area contributed by atoms with Crippen molar-refractivity contribution in [3.8, 4) is 0 Å². The molecule has 0 aromatic heterocycles. The second-order valence-corrected chi connectivity index (χ2v) is 5.68. The van der Waals surface area contributed by atoms with Gasteiger partial charge in [-0.15, -0.1) is 0 Å². The number of hydrogen-bond acceptors (Lipinski definition) is 2. The van der Waals surface area contributed by atoms with Crippen LogP contribution in [0.25, 0.3) is 0 Å². The van der Waals surface area contributed by atoms with Crippen molar-refractivity contribution >= 4 is 5.78 Å². The first-order chi connectivity index (χ1) is 7.54. The first-order valence-corrected chi connectivity index (χ1v) is 6.82. The lowest BCUT2D eigenvalue weighted by Crippen LogP contribution is -2.31. The minimum Gasteiger partial charge on any atom is -0.327 e. The molecule has 0 spiro atoms. The van der Waals surface area contributed by atoms with E-state index in [1.165, 1.54) is 6.42 Å². The third-order valence-corrected chi connectivity index (χ3v) is 4.18. The van der Waals surface area contributed by atoms with E-state index >= 15 is 0 Å². The number of carbonyl (C=O) groups is 1. The lowest BCUT2D eigenvalue weighted by molar-refractivity contribution is -0.125. The Kier molecular flexibility index (Phi) is 5.47. The van der Waals surface area contributed by atoms with Crippen molar-refractivity contribution < 1.29 is 4.79 Å². The third-order valence-electron chi connectivity index (χ3n) is 4.18. The highest BCUT2D eigenvalue weighted by Crippen LogP contribution is 2.34. The zero-order chi connectivity index (χ0) is 12.1. The zero-order valence-corrected chi connectivity index (χ0v) is 11.0. The van der Waals surface area contributed by atoms with Crippen molar-refractivity contribution in [2.45, 2.75) is 65.3 Å². The molecule has 0 radical (unpaired) electrons. The average molecular weight is 225 g/mol. The van der Waals surface area contributed by atoms with Gasteiger partial charge in [-0.1, -0.05) is 27.2 Å². The molecule has 1 fully saturated rings. The highest BCUT2D eigenvalue weighted by atomic mass is 16.1. The smallest absolute Gasteiger partial charge is 0.137 e. The van der Waals surface area contributed by atoms with Crippen LogP contribution in [0.5, 0.6) is 0 Å². The molecule has 1 aliphatic rings. The Hall–Kier alpha value is -0.370. The average Bonchev–Trinajstić information content (AvgIpc) is 2.22. The number of rotatable bonds is 5. The van der Waals surface area contributed by atoms with Crippen LogP contribution in [0.1, 0.15) is 59.3 Å². The summed E-state index contributed by atoms with van der Waals surface area (Å²) in [6.07, 6.45) is 6.03. The van der Waals surface area contributed by atoms with Crippen LogP contribution >= 0.6 is 0 Å². The molecular weight excluding hydrogens is 198 g/mol. The molecule has 0 aromatic carbocycles. The molecule has 0 saturated heterocycles. The summed E-state index contributed by atoms with van der Waals surface area (Å²) in [5.74, 6) is 2.20. The number of Topliss-reactive ketones (excluding diaryl/α,β-unsaturated/α-hetero) is 1. The Morgan fingerprint density at radius 1 is 1.31 bits per heavy atom. The quantitative estimate of drug-likeness (QED) is 0.781. The topological polar surface area (TPSA) is 43.1 Å². The highest BCUT2D eigenvalue weighted by molar-refractivity contribution is 5.81. The van der Waals surface area contributed by atoms with Gasteiger partial charge >= 0.3 is 0 Å². The van der Waals surface area contributed by atoms with E-state index in [0.717, 1.165) is 31.6 Å². The van der Waals surface area contributed by atoms with Gasteiger partial charge in [0.2, 0.25) is 0 Å². The summed E-state index contributed by atoms with van der Waals surface area (Å²) >= 11 is 0. The van der Waals surface area contributed by atoms with Crippen molar-refractivity contribution in [3.05, 3.63) is 0 Å². The molecule has 4 atom stereocenters. The predicted octanol–water partition coefficient (Wildman–Crippen LogP) is 3.15. The maximum Gasteiger partial charge on any atom is 0.137 e. The van der Waals surface area contributed by atoms with Crippen molar-refractivity contribution in [2.75, 3.05) is 0 Å². The summed E-state index contributed by atoms with van der Waals surface area (Å²) < 4.78 is 0. The third kappa shape index (κ3) is 3.89. The first-order valence-electron chi connectivity index (χ1n) is 6.82. The van der Waals surface area contributed by atoms with Gasteiger partial charge in [0, 0.05) is 18.4 Å². The molecule has 0 aliphatic heterocycles. The molecule has 0 heterocycles. The van der Waals surface area contributed by atoms with E-state index in [4.69, 9.17) is 5.73 Å². The Labute approximate surface area is 100.0 Å². The predicted molar refractivity (Wildman–Crippen MR) is 68.2 cm³/mol. The van der Waals surface area contributed by atoms with Crippen LogP contribution in [0.2, 0.25) is 0 Å². The van der Waals surface area contributed by atoms with Crippen LogP contribution < -0.4 is 5.73 Å². The second-order valence-electron chi connectivity index (χ2n) is 5.68. The molecule has 0 bridgehead atoms. The van der Waals surface area contributed by atoms with Gasteiger partial charge in [-0.05, 0) is 37.5 Å². The molecule has 2 heteroatoms. The first kappa shape index (κ1) is 13.7. The normalized spacial score (nSPS) is 32.4. The lowest BCUT2D eigenvalue weighted by atomic mass is 9.73. The standard InChI is InChI=1S/C14H27NO/c1-4-5-13(15)9-14(16)12-7-6-10(2)11(3)8-12/h10-13H,4-9,15H2,1-3H3. The summed E-state index contributed by atoms with van der Waals surface area (Å²) in [6.45, 7) is 6.69. The summed E-state index contributed by atoms with van der Waals surface area (Å²) in [5.41, 5.74) is 5.93. The molecule has 0 amide bonds. The van der Waals surface area contributed by atoms with Gasteiger partial charge in [-0.2, -0.15) is 0 Å². The maximum atomic E-state index is 12.1. The summed E-state index contributed by atoms with van der Waals surface area (Å²) in [7, 11) is 0. The largest absolute Gasteiger partial charge is 0.327 e. The van der Waals surface area contributed by atoms with E-state index < -0.39 is 0 Å². The molecule has 2 N–H and O–H groups in total. The van der Waals surface area contributed by atoms with Crippen LogP contribution in [-0.4, -0.2) is 11.8 Å². The number of hydrogen-bond donors (Lipinski definition) is 1. The Morgan fingerprint density at radius 2 is 2.00 bits per heavy atom. The van der Waals surface area contributed by atoms with Crippen LogP contribution in [0.3, 0.4) is 0 Å². The molecule has 2 nitrogen and oxygen atoms in total. The van der Waals surface area contributed by atoms with Gasteiger partial charge in [0.1, 0.15) is 5.78 Å². The van der Waals surface area contributed by atoms with Gasteiger partial charge in [0.05, 0.1) is 0 Å². The monoisotopic (exact) mass is 225 g/mol. The van der Waals surface area contributed by atoms with Crippen LogP contribution in [0.15, 0.2) is 0 Å². The molecule has 94 valence electrons. The number of carbonyl (C=O) groups excluding carboxylic acids is 1. The summed E-state index contributed by atoms with van der Waals surface area (Å²) in [4.78, 5) is 12.1. The Bertz CT molecular complexity index is 227. The Morgan fingerprint density at radius 3 is 2.56 bits per heavy atom. The van der Waals surface area contributed by atoms with E-state index in [2.05, 4.69) is 20.8 Å². The zero-order valence-electron chi connectivity index (χ0n) is 11.0. The van der Waals surface area contributed by atoms with E-state index in [9.17, 15) is 4.79 Å². The van der Waals surface area contributed by atoms with E-state index in [1.54, 1.807) is 0 Å². The van der Waals surface area contributed by atoms with Gasteiger partial charge < -0.3 is 5.73 Å². The van der Waals surface area contributed by atoms with Crippen molar-refractivity contribution in [1.82, 2.24) is 0 Å². The van der Waals surface area contributed by atoms with Crippen molar-refractivity contribution in [3.63, 3.8) is 0 Å². The fourth-order valence-electron chi connectivity index (χ4n) is 2.74. The van der Waals surface area contributed by atoms with Crippen LogP contribution in [0.4, 0.5) is 0 Å². The van der Waals surface area contributed by atoms with E-state index in [1.807, 2.05) is 0 Å². The van der Waals surface area contributed by atoms with Gasteiger partial charge in [0.15, 0.2) is 0 Å². The summed E-state index contributed by atoms with van der Waals surface area (Å²) in [5, 5.41) is 0. The number of nitrogens with two attached hydrogens (primary N) is 1. The van der Waals surface area contributed by atoms with Gasteiger partial charge in [-0.25, -0.2) is 0 Å². The van der Waals surface area contributed by atoms with Crippen molar-refractivity contribution in [1.29, 1.82) is 0 Å². The lowest BCUT2D eigenvalue weighted by Gasteiger charge is -2.31. The molecule has 16 heavy (non-hydrogen) atoms. The van der Waals surface area contributed by atoms with Gasteiger partial charge in [-0.3, -0.25) is 4.79 Å². The van der Waals surface area contributed by atoms with Crippen LogP contribution in [0, 0.1) is 17.8 Å². The SMILES string of the molecule is CCCC(N)CC(=O)C1CCC(C)C(C)C1. The molecule has 1 rings (SSSR count). The minimum atomic E-state index is 0.0900. The molecule has 1 saturated carbocycles. The molecular formula is C14H27NO. The second kappa shape index (κ2) is 6.39. The van der Waals surface area contributed by atoms with Crippen LogP contribution in [-0.2, 0) is 4.79 Å². The summed E-state index contributed by atoms with van der Waals surface area (Å²) in [6, 6.07) is 0.0900. The van der Waals surface area contributed by atoms with Crippen molar-refractivity contribution in [2.24, 2.45) is 23.5 Å². The van der Waals surface area contributed by atoms with E-state index in [-0.39, 0.29) is 6.04 Å². The fourth-order valence-corrected chi connectivity index (χ4v) is 2.74. The minimum absolute atomic E-state index is 0.0900. The van der Waals surface area contributed by atoms with Gasteiger partial charge in [0.25, 0.3) is 0 Å². The fraction of sp³-hybridized carbons (Fsp3) is 0.929. The molecule has 4 unspecified atom stereocenters.